The van der Waals surface area contributed by atoms with Gasteiger partial charge in [0.25, 0.3) is 5.91 Å². The number of carbonyl (C=O) groups excluding carboxylic acids is 2. The van der Waals surface area contributed by atoms with Gasteiger partial charge in [0.1, 0.15) is 11.9 Å². The van der Waals surface area contributed by atoms with Crippen LogP contribution in [0.1, 0.15) is 49.4 Å². The van der Waals surface area contributed by atoms with Gasteiger partial charge in [-0.15, -0.1) is 5.10 Å². The summed E-state index contributed by atoms with van der Waals surface area (Å²) in [7, 11) is 0. The Bertz CT molecular complexity index is 852. The molecule has 1 amide bonds. The highest BCUT2D eigenvalue weighted by atomic mass is 16.5. The average molecular weight is 368 g/mol. The van der Waals surface area contributed by atoms with Crippen LogP contribution < -0.4 is 5.32 Å². The van der Waals surface area contributed by atoms with Crippen LogP contribution in [-0.2, 0) is 9.53 Å². The molecular formula is C18H20N6O3. The number of carbonyl (C=O) groups is 2. The van der Waals surface area contributed by atoms with E-state index in [2.05, 4.69) is 26.9 Å². The van der Waals surface area contributed by atoms with Crippen LogP contribution in [0.15, 0.2) is 30.6 Å². The Labute approximate surface area is 156 Å². The van der Waals surface area contributed by atoms with E-state index in [1.807, 2.05) is 0 Å². The molecule has 9 nitrogen and oxygen atoms in total. The van der Waals surface area contributed by atoms with E-state index in [0.29, 0.717) is 18.5 Å². The van der Waals surface area contributed by atoms with Crippen LogP contribution in [0.4, 0.5) is 0 Å². The predicted octanol–water partition coefficient (Wildman–Crippen LogP) is 1.55. The summed E-state index contributed by atoms with van der Waals surface area (Å²) < 4.78 is 6.69. The smallest absolute Gasteiger partial charge is 0.338 e. The van der Waals surface area contributed by atoms with Crippen LogP contribution >= 0.6 is 0 Å². The number of amides is 1. The molecule has 1 heterocycles. The monoisotopic (exact) mass is 368 g/mol. The van der Waals surface area contributed by atoms with Gasteiger partial charge in [-0.05, 0) is 48.4 Å². The van der Waals surface area contributed by atoms with E-state index < -0.39 is 23.5 Å². The molecule has 0 aliphatic heterocycles. The minimum atomic E-state index is -1.01. The van der Waals surface area contributed by atoms with Crippen molar-refractivity contribution in [2.75, 3.05) is 0 Å². The zero-order valence-electron chi connectivity index (χ0n) is 15.0. The van der Waals surface area contributed by atoms with Gasteiger partial charge in [-0.2, -0.15) is 5.26 Å². The largest absolute Gasteiger partial charge is 0.449 e. The Hall–Kier alpha value is -3.28. The third-order valence-electron chi connectivity index (χ3n) is 4.63. The summed E-state index contributed by atoms with van der Waals surface area (Å²) in [4.78, 5) is 24.8. The normalized spacial score (nSPS) is 16.7. The molecule has 1 N–H and O–H groups in total. The molecule has 0 saturated heterocycles. The highest BCUT2D eigenvalue weighted by molar-refractivity contribution is 5.92. The first kappa shape index (κ1) is 18.5. The van der Waals surface area contributed by atoms with Crippen molar-refractivity contribution in [2.45, 2.75) is 50.7 Å². The third kappa shape index (κ3) is 4.28. The number of benzene rings is 1. The lowest BCUT2D eigenvalue weighted by Gasteiger charge is -2.32. The standard InChI is InChI=1S/C18H20N6O3/c1-13(16(25)21-18(11-19)8-3-2-4-9-18)27-17(26)14-6-5-7-15(10-14)24-12-20-22-23-24/h5-7,10,12-13H,2-4,8-9H2,1H3,(H,21,25)/t13-/m1/s1. The van der Waals surface area contributed by atoms with E-state index in [1.165, 1.54) is 17.9 Å². The van der Waals surface area contributed by atoms with E-state index in [4.69, 9.17) is 4.74 Å². The zero-order chi connectivity index (χ0) is 19.3. The maximum atomic E-state index is 12.4. The van der Waals surface area contributed by atoms with Crippen LogP contribution in [-0.4, -0.2) is 43.7 Å². The van der Waals surface area contributed by atoms with Crippen molar-refractivity contribution in [3.05, 3.63) is 36.2 Å². The number of aromatic nitrogens is 4. The first-order valence-corrected chi connectivity index (χ1v) is 8.81. The van der Waals surface area contributed by atoms with Gasteiger partial charge in [0.2, 0.25) is 0 Å². The summed E-state index contributed by atoms with van der Waals surface area (Å²) >= 11 is 0. The molecule has 1 aliphatic rings. The maximum Gasteiger partial charge on any atom is 0.338 e. The van der Waals surface area contributed by atoms with Crippen molar-refractivity contribution >= 4 is 11.9 Å². The van der Waals surface area contributed by atoms with Crippen LogP contribution in [0.5, 0.6) is 0 Å². The third-order valence-corrected chi connectivity index (χ3v) is 4.63. The molecule has 27 heavy (non-hydrogen) atoms. The number of ether oxygens (including phenoxy) is 1. The van der Waals surface area contributed by atoms with Crippen molar-refractivity contribution in [3.63, 3.8) is 0 Å². The molecule has 0 spiro atoms. The summed E-state index contributed by atoms with van der Waals surface area (Å²) in [5.41, 5.74) is 0.00299. The Morgan fingerprint density at radius 1 is 1.33 bits per heavy atom. The number of tetrazole rings is 1. The summed E-state index contributed by atoms with van der Waals surface area (Å²) in [5, 5.41) is 23.1. The number of hydrogen-bond acceptors (Lipinski definition) is 7. The second kappa shape index (κ2) is 7.95. The Morgan fingerprint density at radius 3 is 2.78 bits per heavy atom. The van der Waals surface area contributed by atoms with Crippen molar-refractivity contribution in [1.29, 1.82) is 5.26 Å². The molecule has 0 unspecified atom stereocenters. The fraction of sp³-hybridized carbons (Fsp3) is 0.444. The fourth-order valence-electron chi connectivity index (χ4n) is 3.09. The summed E-state index contributed by atoms with van der Waals surface area (Å²) in [6.45, 7) is 1.49. The number of esters is 1. The van der Waals surface area contributed by atoms with Gasteiger partial charge in [0.05, 0.1) is 17.3 Å². The van der Waals surface area contributed by atoms with Crippen molar-refractivity contribution < 1.29 is 14.3 Å². The lowest BCUT2D eigenvalue weighted by molar-refractivity contribution is -0.130. The van der Waals surface area contributed by atoms with Crippen molar-refractivity contribution in [1.82, 2.24) is 25.5 Å². The number of rotatable bonds is 5. The molecule has 1 aromatic heterocycles. The van der Waals surface area contributed by atoms with E-state index in [9.17, 15) is 14.9 Å². The average Bonchev–Trinajstić information content (AvgIpc) is 3.23. The number of nitrogens with zero attached hydrogens (tertiary/aromatic N) is 5. The van der Waals surface area contributed by atoms with Crippen molar-refractivity contribution in [3.8, 4) is 11.8 Å². The summed E-state index contributed by atoms with van der Waals surface area (Å²) in [5.74, 6) is -1.11. The highest BCUT2D eigenvalue weighted by Crippen LogP contribution is 2.27. The van der Waals surface area contributed by atoms with Crippen LogP contribution in [0.25, 0.3) is 5.69 Å². The molecule has 1 atom stereocenters. The quantitative estimate of drug-likeness (QED) is 0.794. The predicted molar refractivity (Wildman–Crippen MR) is 93.6 cm³/mol. The Balaban J connectivity index is 1.64. The number of nitrogens with one attached hydrogen (secondary N) is 1. The van der Waals surface area contributed by atoms with Gasteiger partial charge in [-0.25, -0.2) is 9.48 Å². The van der Waals surface area contributed by atoms with Crippen LogP contribution in [0, 0.1) is 11.3 Å². The molecule has 1 aromatic carbocycles. The molecule has 140 valence electrons. The lowest BCUT2D eigenvalue weighted by atomic mass is 9.83. The zero-order valence-corrected chi connectivity index (χ0v) is 15.0. The first-order valence-electron chi connectivity index (χ1n) is 8.81. The van der Waals surface area contributed by atoms with Gasteiger partial charge in [0.15, 0.2) is 6.10 Å². The molecule has 3 rings (SSSR count). The fourth-order valence-corrected chi connectivity index (χ4v) is 3.09. The van der Waals surface area contributed by atoms with Crippen molar-refractivity contribution in [2.24, 2.45) is 0 Å². The highest BCUT2D eigenvalue weighted by Gasteiger charge is 2.35. The molecule has 9 heteroatoms. The van der Waals surface area contributed by atoms with Crippen LogP contribution in [0.3, 0.4) is 0 Å². The minimum Gasteiger partial charge on any atom is -0.449 e. The van der Waals surface area contributed by atoms with Gasteiger partial charge in [-0.3, -0.25) is 4.79 Å². The molecule has 1 aliphatic carbocycles. The molecule has 1 saturated carbocycles. The first-order chi connectivity index (χ1) is 13.0. The second-order valence-electron chi connectivity index (χ2n) is 6.60. The van der Waals surface area contributed by atoms with E-state index in [1.54, 1.807) is 24.3 Å². The van der Waals surface area contributed by atoms with Gasteiger partial charge in [-0.1, -0.05) is 25.3 Å². The molecule has 2 aromatic rings. The Kier molecular flexibility index (Phi) is 5.45. The summed E-state index contributed by atoms with van der Waals surface area (Å²) in [6.07, 6.45) is 4.47. The summed E-state index contributed by atoms with van der Waals surface area (Å²) in [6, 6.07) is 8.78. The number of nitriles is 1. The SMILES string of the molecule is C[C@@H](OC(=O)c1cccc(-n2cnnn2)c1)C(=O)NC1(C#N)CCCCC1. The van der Waals surface area contributed by atoms with E-state index in [-0.39, 0.29) is 5.56 Å². The second-order valence-corrected chi connectivity index (χ2v) is 6.60. The molecule has 0 bridgehead atoms. The molecule has 0 radical (unpaired) electrons. The van der Waals surface area contributed by atoms with E-state index in [0.717, 1.165) is 19.3 Å². The maximum absolute atomic E-state index is 12.4. The molecule has 1 fully saturated rings. The molecular weight excluding hydrogens is 348 g/mol. The number of hydrogen-bond donors (Lipinski definition) is 1. The van der Waals surface area contributed by atoms with Gasteiger partial charge < -0.3 is 10.1 Å². The Morgan fingerprint density at radius 2 is 2.11 bits per heavy atom. The van der Waals surface area contributed by atoms with Gasteiger partial charge >= 0.3 is 5.97 Å². The van der Waals surface area contributed by atoms with Gasteiger partial charge in [0, 0.05) is 0 Å². The topological polar surface area (TPSA) is 123 Å². The minimum absolute atomic E-state index is 0.273. The van der Waals surface area contributed by atoms with Crippen LogP contribution in [0.2, 0.25) is 0 Å². The lowest BCUT2D eigenvalue weighted by Crippen LogP contribution is -2.52. The van der Waals surface area contributed by atoms with E-state index >= 15 is 0 Å².